The third kappa shape index (κ3) is 19.4. The molecule has 14 nitrogen and oxygen atoms in total. The van der Waals surface area contributed by atoms with Gasteiger partial charge in [0.2, 0.25) is 0 Å². The van der Waals surface area contributed by atoms with Crippen molar-refractivity contribution in [2.75, 3.05) is 53.2 Å². The number of nitrogens with zero attached hydrogens (tertiary/aromatic N) is 4. The number of aromatic nitrogens is 1. The summed E-state index contributed by atoms with van der Waals surface area (Å²) in [4.78, 5) is 51.6. The fourth-order valence-corrected chi connectivity index (χ4v) is 6.58. The van der Waals surface area contributed by atoms with Crippen LogP contribution in [0.4, 0.5) is 5.82 Å². The van der Waals surface area contributed by atoms with Gasteiger partial charge >= 0.3 is 11.9 Å². The normalized spacial score (nSPS) is 10.7. The molecule has 0 aliphatic rings. The monoisotopic (exact) mass is 857 g/mol. The van der Waals surface area contributed by atoms with Gasteiger partial charge in [0.05, 0.1) is 57.6 Å². The molecule has 1 heterocycles. The minimum absolute atomic E-state index is 0. The molecule has 2 amide bonds. The van der Waals surface area contributed by atoms with E-state index in [1.54, 1.807) is 24.3 Å². The standard InChI is InChI=1S/C20H22N5O4.C13H13P.C6H13NO4.Tc/c1-29-20(28)16(24-19(27)15-10-11-17(25-21)23-13-15)9-5-6-12-22-18(26)14-7-3-2-4-8-14;1-14(12-8-4-2-5-9-12)13-10-6-3-7-11-13;8-3-1-7(2-4-9)5-6(10)11;/h2-4,7-8,10-11,13,16H,5-6,9,12H2,1H3,(H,22,26)(H,24,27);2-11H,1H3;8-9H,1-5H2,(H,10,11);/q-1;;;/p+1. The summed E-state index contributed by atoms with van der Waals surface area (Å²) in [5, 5.41) is 36.5. The Balaban J connectivity index is 0.000000480. The van der Waals surface area contributed by atoms with Gasteiger partial charge in [0.25, 0.3) is 11.8 Å². The summed E-state index contributed by atoms with van der Waals surface area (Å²) in [6, 6.07) is 32.4. The van der Waals surface area contributed by atoms with E-state index in [1.165, 1.54) is 40.9 Å². The van der Waals surface area contributed by atoms with Crippen molar-refractivity contribution in [3.8, 4) is 0 Å². The second-order valence-corrected chi connectivity index (χ2v) is 14.1. The fourth-order valence-electron chi connectivity index (χ4n) is 4.87. The van der Waals surface area contributed by atoms with Crippen LogP contribution in [0.2, 0.25) is 0 Å². The van der Waals surface area contributed by atoms with Crippen molar-refractivity contribution in [2.45, 2.75) is 25.3 Å². The Bertz CT molecular complexity index is 1650. The number of rotatable bonds is 18. The zero-order valence-electron chi connectivity index (χ0n) is 30.9. The maximum Gasteiger partial charge on any atom is 0.328 e. The number of hydrogen-bond acceptors (Lipinski definition) is 10. The summed E-state index contributed by atoms with van der Waals surface area (Å²) < 4.78 is 4.75. The molecule has 55 heavy (non-hydrogen) atoms. The fraction of sp³-hybridized carbons (Fsp3) is 0.308. The van der Waals surface area contributed by atoms with Gasteiger partial charge in [0.15, 0.2) is 0 Å². The van der Waals surface area contributed by atoms with Gasteiger partial charge in [-0.3, -0.25) is 19.3 Å². The number of carboxylic acid groups (broad SMARTS) is 1. The van der Waals surface area contributed by atoms with Crippen molar-refractivity contribution < 1.29 is 59.3 Å². The molecule has 1 atom stereocenters. The number of amides is 2. The minimum atomic E-state index is -0.952. The topological polar surface area (TPSA) is 213 Å². The van der Waals surface area contributed by atoms with Gasteiger partial charge in [0, 0.05) is 51.5 Å². The molecule has 0 saturated heterocycles. The van der Waals surface area contributed by atoms with Crippen LogP contribution in [-0.4, -0.2) is 108 Å². The Morgan fingerprint density at radius 3 is 1.82 bits per heavy atom. The van der Waals surface area contributed by atoms with Gasteiger partial charge in [-0.25, -0.2) is 9.78 Å². The van der Waals surface area contributed by atoms with Crippen LogP contribution in [0.25, 0.3) is 5.53 Å². The molecule has 295 valence electrons. The van der Waals surface area contributed by atoms with Crippen LogP contribution in [0.5, 0.6) is 0 Å². The molecule has 0 fully saturated rings. The predicted octanol–water partition coefficient (Wildman–Crippen LogP) is 3.44. The summed E-state index contributed by atoms with van der Waals surface area (Å²) in [5.41, 5.74) is 9.44. The van der Waals surface area contributed by atoms with E-state index in [0.29, 0.717) is 31.4 Å². The molecule has 0 saturated carbocycles. The number of carboxylic acids is 1. The summed E-state index contributed by atoms with van der Waals surface area (Å²) >= 11 is 0. The van der Waals surface area contributed by atoms with Crippen molar-refractivity contribution in [3.05, 3.63) is 126 Å². The number of hydrogen-bond donors (Lipinski definition) is 5. The Labute approximate surface area is 336 Å². The summed E-state index contributed by atoms with van der Waals surface area (Å²) in [5.74, 6) is -2.08. The Hall–Kier alpha value is -4.75. The van der Waals surface area contributed by atoms with E-state index >= 15 is 0 Å². The molecule has 3 aromatic carbocycles. The van der Waals surface area contributed by atoms with Crippen LogP contribution < -0.4 is 21.2 Å². The molecule has 1 unspecified atom stereocenters. The van der Waals surface area contributed by atoms with Gasteiger partial charge in [-0.15, -0.1) is 0 Å². The third-order valence-corrected chi connectivity index (χ3v) is 10.1. The molecule has 1 aromatic heterocycles. The maximum absolute atomic E-state index is 12.3. The van der Waals surface area contributed by atoms with E-state index in [1.807, 2.05) is 6.07 Å². The quantitative estimate of drug-likeness (QED) is 0.0426. The van der Waals surface area contributed by atoms with Gasteiger partial charge in [-0.1, -0.05) is 54.6 Å². The number of aliphatic carboxylic acids is 1. The van der Waals surface area contributed by atoms with E-state index in [9.17, 15) is 19.2 Å². The second kappa shape index (κ2) is 28.7. The number of ether oxygens (including phenoxy) is 1. The first-order chi connectivity index (χ1) is 26.1. The molecule has 0 aliphatic heterocycles. The average Bonchev–Trinajstić information content (AvgIpc) is 3.21. The minimum Gasteiger partial charge on any atom is -0.705 e. The van der Waals surface area contributed by atoms with Crippen LogP contribution in [0.1, 0.15) is 40.0 Å². The van der Waals surface area contributed by atoms with Gasteiger partial charge in [-0.2, -0.15) is 0 Å². The number of aliphatic hydroxyl groups excluding tert-OH is 2. The summed E-state index contributed by atoms with van der Waals surface area (Å²) in [7, 11) is 0.706. The number of nitrogens with one attached hydrogen (secondary N) is 2. The van der Waals surface area contributed by atoms with Crippen molar-refractivity contribution >= 4 is 48.1 Å². The average molecular weight is 859 g/mol. The van der Waals surface area contributed by atoms with Crippen LogP contribution in [0.3, 0.4) is 0 Å². The number of carbonyl (C=O) groups is 4. The molecule has 4 rings (SSSR count). The molecule has 0 spiro atoms. The first-order valence-corrected chi connectivity index (χ1v) is 19.3. The van der Waals surface area contributed by atoms with E-state index in [2.05, 4.69) is 88.1 Å². The Kier molecular flexibility index (Phi) is 25.2. The molecule has 5 N–H and O–H groups in total. The van der Waals surface area contributed by atoms with Gasteiger partial charge < -0.3 is 41.3 Å². The second-order valence-electron chi connectivity index (χ2n) is 11.6. The van der Waals surface area contributed by atoms with Crippen LogP contribution in [-0.2, 0) is 34.4 Å². The number of methoxy groups -OCH3 is 1. The van der Waals surface area contributed by atoms with E-state index in [4.69, 9.17) is 25.6 Å². The maximum atomic E-state index is 12.3. The van der Waals surface area contributed by atoms with Crippen molar-refractivity contribution in [2.24, 2.45) is 5.11 Å². The first kappa shape index (κ1) is 48.3. The summed E-state index contributed by atoms with van der Waals surface area (Å²) in [6.45, 7) is 3.04. The zero-order chi connectivity index (χ0) is 39.6. The number of esters is 1. The van der Waals surface area contributed by atoms with Crippen molar-refractivity contribution in [1.29, 1.82) is 0 Å². The largest absolute Gasteiger partial charge is 0.705 e. The molecular formula is C39H49N6O8PTc. The number of carbonyl (C=O) groups excluding carboxylic acids is 3. The van der Waals surface area contributed by atoms with E-state index in [-0.39, 0.29) is 70.2 Å². The summed E-state index contributed by atoms with van der Waals surface area (Å²) in [6.07, 6.45) is 2.83. The van der Waals surface area contributed by atoms with Crippen LogP contribution in [0.15, 0.2) is 114 Å². The van der Waals surface area contributed by atoms with Crippen molar-refractivity contribution in [3.63, 3.8) is 0 Å². The predicted molar refractivity (Wildman–Crippen MR) is 210 cm³/mol. The third-order valence-electron chi connectivity index (χ3n) is 7.75. The van der Waals surface area contributed by atoms with Crippen LogP contribution in [0, 0.1) is 0 Å². The number of unbranched alkanes of at least 4 members (excludes halogenated alkanes) is 1. The van der Waals surface area contributed by atoms with Gasteiger partial charge in [-0.05, 0) is 67.8 Å². The van der Waals surface area contributed by atoms with Gasteiger partial charge in [0.1, 0.15) is 11.9 Å². The zero-order valence-corrected chi connectivity index (χ0v) is 33.7. The molecular weight excluding hydrogens is 809 g/mol. The SMILES string of the molecule is COC(=O)C(CCCCNC(=O)c1ccccc1)NC(=O)c1ccc(N=[N-])nc1.C[PH+](c1ccccc1)c1ccccc1.O=C(O)CN(CCO)CCO.[Tc]. The molecule has 1 radical (unpaired) electrons. The number of pyridine rings is 1. The van der Waals surface area contributed by atoms with E-state index in [0.717, 1.165) is 0 Å². The van der Waals surface area contributed by atoms with Crippen molar-refractivity contribution in [1.82, 2.24) is 20.5 Å². The van der Waals surface area contributed by atoms with E-state index < -0.39 is 31.8 Å². The number of benzene rings is 3. The Morgan fingerprint density at radius 1 is 0.818 bits per heavy atom. The molecule has 0 aliphatic carbocycles. The number of aliphatic hydroxyl groups is 2. The van der Waals surface area contributed by atoms with Crippen LogP contribution >= 0.6 is 7.92 Å². The molecule has 0 bridgehead atoms. The molecule has 16 heteroatoms. The molecule has 4 aromatic rings. The smallest absolute Gasteiger partial charge is 0.328 e. The Morgan fingerprint density at radius 2 is 1.36 bits per heavy atom. The first-order valence-electron chi connectivity index (χ1n) is 17.3.